The standard InChI is InChI=1S/C13H15ClO2/c1-4-5-7-10(14)13-11(15-2)8-6-9-12(13)16-3/h1,6,8-10H,5,7H2,2-3H3. The van der Waals surface area contributed by atoms with Crippen molar-refractivity contribution in [1.29, 1.82) is 0 Å². The second-order valence-corrected chi connectivity index (χ2v) is 3.81. The van der Waals surface area contributed by atoms with E-state index in [-0.39, 0.29) is 5.38 Å². The van der Waals surface area contributed by atoms with Crippen LogP contribution in [0.4, 0.5) is 0 Å². The lowest BCUT2D eigenvalue weighted by Crippen LogP contribution is -1.99. The smallest absolute Gasteiger partial charge is 0.127 e. The number of methoxy groups -OCH3 is 2. The van der Waals surface area contributed by atoms with Crippen LogP contribution in [0.1, 0.15) is 23.8 Å². The highest BCUT2D eigenvalue weighted by Crippen LogP contribution is 2.39. The molecular formula is C13H15ClO2. The lowest BCUT2D eigenvalue weighted by Gasteiger charge is -2.16. The first-order valence-electron chi connectivity index (χ1n) is 5.03. The van der Waals surface area contributed by atoms with Crippen LogP contribution >= 0.6 is 11.6 Å². The van der Waals surface area contributed by atoms with Crippen molar-refractivity contribution in [3.8, 4) is 23.8 Å². The van der Waals surface area contributed by atoms with Crippen molar-refractivity contribution in [2.45, 2.75) is 18.2 Å². The van der Waals surface area contributed by atoms with Crippen LogP contribution in [0.2, 0.25) is 0 Å². The molecule has 0 N–H and O–H groups in total. The minimum Gasteiger partial charge on any atom is -0.496 e. The summed E-state index contributed by atoms with van der Waals surface area (Å²) in [5.41, 5.74) is 0.865. The van der Waals surface area contributed by atoms with Crippen LogP contribution in [0.25, 0.3) is 0 Å². The molecule has 0 bridgehead atoms. The number of terminal acetylenes is 1. The molecule has 1 unspecified atom stereocenters. The van der Waals surface area contributed by atoms with Crippen LogP contribution in [0.3, 0.4) is 0 Å². The topological polar surface area (TPSA) is 18.5 Å². The zero-order valence-corrected chi connectivity index (χ0v) is 10.3. The maximum atomic E-state index is 6.30. The van der Waals surface area contributed by atoms with E-state index in [0.29, 0.717) is 12.8 Å². The van der Waals surface area contributed by atoms with Gasteiger partial charge in [-0.05, 0) is 18.6 Å². The summed E-state index contributed by atoms with van der Waals surface area (Å²) in [7, 11) is 3.23. The molecule has 1 rings (SSSR count). The minimum atomic E-state index is -0.192. The first-order valence-corrected chi connectivity index (χ1v) is 5.46. The molecule has 0 radical (unpaired) electrons. The summed E-state index contributed by atoms with van der Waals surface area (Å²) in [6, 6.07) is 5.60. The van der Waals surface area contributed by atoms with E-state index >= 15 is 0 Å². The maximum Gasteiger partial charge on any atom is 0.127 e. The molecule has 1 aromatic rings. The Bertz CT molecular complexity index is 360. The molecule has 16 heavy (non-hydrogen) atoms. The molecular weight excluding hydrogens is 224 g/mol. The number of halogens is 1. The van der Waals surface area contributed by atoms with Crippen LogP contribution < -0.4 is 9.47 Å². The van der Waals surface area contributed by atoms with Gasteiger partial charge in [-0.2, -0.15) is 0 Å². The SMILES string of the molecule is C#CCCC(Cl)c1c(OC)cccc1OC. The molecule has 1 aromatic carbocycles. The summed E-state index contributed by atoms with van der Waals surface area (Å²) in [4.78, 5) is 0. The molecule has 3 heteroatoms. The van der Waals surface area contributed by atoms with Crippen LogP contribution in [-0.4, -0.2) is 14.2 Å². The minimum absolute atomic E-state index is 0.192. The lowest BCUT2D eigenvalue weighted by molar-refractivity contribution is 0.383. The van der Waals surface area contributed by atoms with Gasteiger partial charge in [-0.1, -0.05) is 6.07 Å². The molecule has 0 aliphatic rings. The Hall–Kier alpha value is -1.33. The molecule has 0 fully saturated rings. The summed E-state index contributed by atoms with van der Waals surface area (Å²) in [5.74, 6) is 4.04. The van der Waals surface area contributed by atoms with Gasteiger partial charge in [0.15, 0.2) is 0 Å². The largest absolute Gasteiger partial charge is 0.496 e. The van der Waals surface area contributed by atoms with Crippen molar-refractivity contribution in [2.24, 2.45) is 0 Å². The predicted molar refractivity (Wildman–Crippen MR) is 66.2 cm³/mol. The van der Waals surface area contributed by atoms with E-state index in [0.717, 1.165) is 17.1 Å². The van der Waals surface area contributed by atoms with Crippen molar-refractivity contribution in [2.75, 3.05) is 14.2 Å². The highest BCUT2D eigenvalue weighted by Gasteiger charge is 2.17. The van der Waals surface area contributed by atoms with Crippen LogP contribution in [0.5, 0.6) is 11.5 Å². The van der Waals surface area contributed by atoms with Gasteiger partial charge in [-0.15, -0.1) is 23.9 Å². The predicted octanol–water partition coefficient (Wildman–Crippen LogP) is 3.40. The van der Waals surface area contributed by atoms with Gasteiger partial charge in [0.2, 0.25) is 0 Å². The quantitative estimate of drug-likeness (QED) is 0.578. The average Bonchev–Trinajstić information content (AvgIpc) is 2.34. The van der Waals surface area contributed by atoms with Crippen LogP contribution in [0.15, 0.2) is 18.2 Å². The van der Waals surface area contributed by atoms with Crippen LogP contribution in [-0.2, 0) is 0 Å². The Morgan fingerprint density at radius 1 is 1.31 bits per heavy atom. The van der Waals surface area contributed by atoms with Crippen molar-refractivity contribution in [3.63, 3.8) is 0 Å². The fourth-order valence-electron chi connectivity index (χ4n) is 1.54. The average molecular weight is 239 g/mol. The fourth-order valence-corrected chi connectivity index (χ4v) is 1.87. The first-order chi connectivity index (χ1) is 7.74. The maximum absolute atomic E-state index is 6.30. The molecule has 0 spiro atoms. The fraction of sp³-hybridized carbons (Fsp3) is 0.385. The number of hydrogen-bond acceptors (Lipinski definition) is 2. The van der Waals surface area contributed by atoms with E-state index in [9.17, 15) is 0 Å². The Labute approximate surface area is 102 Å². The number of ether oxygens (including phenoxy) is 2. The van der Waals surface area contributed by atoms with Gasteiger partial charge < -0.3 is 9.47 Å². The van der Waals surface area contributed by atoms with Gasteiger partial charge in [0.25, 0.3) is 0 Å². The van der Waals surface area contributed by atoms with E-state index in [2.05, 4.69) is 5.92 Å². The summed E-state index contributed by atoms with van der Waals surface area (Å²) < 4.78 is 10.5. The van der Waals surface area contributed by atoms with Crippen molar-refractivity contribution in [3.05, 3.63) is 23.8 Å². The van der Waals surface area contributed by atoms with Crippen molar-refractivity contribution in [1.82, 2.24) is 0 Å². The highest BCUT2D eigenvalue weighted by atomic mass is 35.5. The molecule has 0 aliphatic heterocycles. The van der Waals surface area contributed by atoms with E-state index < -0.39 is 0 Å². The summed E-state index contributed by atoms with van der Waals surface area (Å²) in [5, 5.41) is -0.192. The van der Waals surface area contributed by atoms with Crippen molar-refractivity contribution >= 4 is 11.6 Å². The number of hydrogen-bond donors (Lipinski definition) is 0. The Morgan fingerprint density at radius 2 is 1.88 bits per heavy atom. The summed E-state index contributed by atoms with van der Waals surface area (Å²) >= 11 is 6.30. The second-order valence-electron chi connectivity index (χ2n) is 3.29. The Kier molecular flexibility index (Phi) is 5.01. The number of benzene rings is 1. The van der Waals surface area contributed by atoms with E-state index in [1.807, 2.05) is 18.2 Å². The third-order valence-corrected chi connectivity index (χ3v) is 2.76. The molecule has 0 aromatic heterocycles. The van der Waals surface area contributed by atoms with Gasteiger partial charge in [-0.25, -0.2) is 0 Å². The third kappa shape index (κ3) is 2.84. The van der Waals surface area contributed by atoms with Gasteiger partial charge in [0, 0.05) is 6.42 Å². The molecule has 2 nitrogen and oxygen atoms in total. The summed E-state index contributed by atoms with van der Waals surface area (Å²) in [6.07, 6.45) is 6.56. The van der Waals surface area contributed by atoms with E-state index in [1.54, 1.807) is 14.2 Å². The summed E-state index contributed by atoms with van der Waals surface area (Å²) in [6.45, 7) is 0. The molecule has 0 heterocycles. The lowest BCUT2D eigenvalue weighted by atomic mass is 10.1. The van der Waals surface area contributed by atoms with Crippen LogP contribution in [0, 0.1) is 12.3 Å². The van der Waals surface area contributed by atoms with Gasteiger partial charge >= 0.3 is 0 Å². The molecule has 0 aliphatic carbocycles. The van der Waals surface area contributed by atoms with E-state index in [4.69, 9.17) is 27.5 Å². The molecule has 0 saturated carbocycles. The number of alkyl halides is 1. The van der Waals surface area contributed by atoms with Gasteiger partial charge in [-0.3, -0.25) is 0 Å². The molecule has 0 amide bonds. The van der Waals surface area contributed by atoms with Gasteiger partial charge in [0.1, 0.15) is 11.5 Å². The molecule has 1 atom stereocenters. The normalized spacial score (nSPS) is 11.6. The zero-order valence-electron chi connectivity index (χ0n) is 9.50. The monoisotopic (exact) mass is 238 g/mol. The zero-order chi connectivity index (χ0) is 12.0. The highest BCUT2D eigenvalue weighted by molar-refractivity contribution is 6.21. The molecule has 0 saturated heterocycles. The Balaban J connectivity index is 3.03. The second kappa shape index (κ2) is 6.30. The van der Waals surface area contributed by atoms with E-state index in [1.165, 1.54) is 0 Å². The molecule has 86 valence electrons. The third-order valence-electron chi connectivity index (χ3n) is 2.32. The van der Waals surface area contributed by atoms with Gasteiger partial charge in [0.05, 0.1) is 25.2 Å². The Morgan fingerprint density at radius 3 is 2.31 bits per heavy atom. The van der Waals surface area contributed by atoms with Crippen molar-refractivity contribution < 1.29 is 9.47 Å². The number of rotatable bonds is 5. The first kappa shape index (κ1) is 12.7.